The summed E-state index contributed by atoms with van der Waals surface area (Å²) in [5.41, 5.74) is 0.330. The normalized spacial score (nSPS) is 16.5. The predicted octanol–water partition coefficient (Wildman–Crippen LogP) is 9.32. The van der Waals surface area contributed by atoms with Crippen LogP contribution in [0.15, 0.2) is 44.7 Å². The molecule has 34 heavy (non-hydrogen) atoms. The zero-order valence-electron chi connectivity index (χ0n) is 19.9. The Labute approximate surface area is 230 Å². The summed E-state index contributed by atoms with van der Waals surface area (Å²) in [6.45, 7) is 14.9. The van der Waals surface area contributed by atoms with E-state index in [1.807, 2.05) is 61.3 Å². The van der Waals surface area contributed by atoms with Crippen molar-refractivity contribution in [1.29, 1.82) is 0 Å². The molecule has 0 saturated carbocycles. The number of hydrogen-bond acceptors (Lipinski definition) is 5. The van der Waals surface area contributed by atoms with Crippen LogP contribution in [0.4, 0.5) is 0 Å². The second-order valence-electron chi connectivity index (χ2n) is 9.37. The van der Waals surface area contributed by atoms with Crippen LogP contribution in [0.25, 0.3) is 11.0 Å². The fourth-order valence-electron chi connectivity index (χ4n) is 2.38. The average molecular weight is 748 g/mol. The molecule has 196 valence electrons. The maximum atomic E-state index is 6.17. The summed E-state index contributed by atoms with van der Waals surface area (Å²) >= 11 is 12.3. The minimum absolute atomic E-state index is 0.740. The van der Waals surface area contributed by atoms with Crippen LogP contribution < -0.4 is 4.68 Å². The molecule has 0 atom stereocenters. The molecule has 0 fully saturated rings. The molecule has 1 aromatic heterocycles. The first kappa shape index (κ1) is 33.0. The number of para-hydroxylation sites is 2. The Balaban J connectivity index is 0.000000718. The summed E-state index contributed by atoms with van der Waals surface area (Å²) in [6.07, 6.45) is 0. The van der Waals surface area contributed by atoms with Crippen molar-refractivity contribution in [3.63, 3.8) is 0 Å². The molecule has 0 bridgehead atoms. The molecular weight excluding hydrogens is 720 g/mol. The predicted molar refractivity (Wildman–Crippen MR) is 149 cm³/mol. The summed E-state index contributed by atoms with van der Waals surface area (Å²) in [5, 5.41) is 22.1. The van der Waals surface area contributed by atoms with Crippen LogP contribution in [-0.2, 0) is 11.3 Å². The van der Waals surface area contributed by atoms with E-state index in [-0.39, 0.29) is 0 Å². The SMILES string of the molecule is CC(C)(Cl)/N=N/C(C)(C)n1n[n+](C(C)(C)/N=N/C(C)(C)Cl)c2ccccc21.[Cl][Sb-]([Cl])([Cl])([Cl])([Cl])[Cl]. The van der Waals surface area contributed by atoms with Gasteiger partial charge in [0.1, 0.15) is 10.00 Å². The standard InChI is InChI=1S/C18H28Cl2N7.6ClH.Sb/c1-15(2,19)21-23-17(5,6)26-13-11-9-10-12-14(13)27(25-26)18(7,8)24-22-16(3,4)20;;;;;;;/h9-12H,1-8H3;6*1H;/q+1;;;;;;;+5/p-6/b23-21+,24-22+;;;;;;;. The number of benzene rings is 1. The maximum absolute atomic E-state index is 6.17. The molecule has 0 saturated heterocycles. The van der Waals surface area contributed by atoms with E-state index in [9.17, 15) is 0 Å². The average Bonchev–Trinajstić information content (AvgIpc) is 2.96. The molecular formula is C18H28Cl8N7Sb. The first-order chi connectivity index (χ1) is 14.6. The van der Waals surface area contributed by atoms with Crippen molar-refractivity contribution in [1.82, 2.24) is 9.90 Å². The van der Waals surface area contributed by atoms with Crippen molar-refractivity contribution in [3.8, 4) is 0 Å². The van der Waals surface area contributed by atoms with Crippen molar-refractivity contribution in [2.45, 2.75) is 76.7 Å². The van der Waals surface area contributed by atoms with Crippen LogP contribution in [0.2, 0.25) is 0 Å². The molecule has 0 spiro atoms. The Morgan fingerprint density at radius 2 is 1.15 bits per heavy atom. The number of azo groups is 2. The molecule has 2 aromatic rings. The van der Waals surface area contributed by atoms with Gasteiger partial charge < -0.3 is 0 Å². The van der Waals surface area contributed by atoms with Crippen LogP contribution in [0.5, 0.6) is 0 Å². The van der Waals surface area contributed by atoms with E-state index in [1.54, 1.807) is 27.7 Å². The van der Waals surface area contributed by atoms with Gasteiger partial charge in [0.25, 0.3) is 0 Å². The van der Waals surface area contributed by atoms with Crippen molar-refractivity contribution in [3.05, 3.63) is 24.3 Å². The van der Waals surface area contributed by atoms with Crippen LogP contribution in [0, 0.1) is 0 Å². The third-order valence-corrected chi connectivity index (χ3v) is 3.77. The van der Waals surface area contributed by atoms with Gasteiger partial charge in [-0.25, -0.2) is 0 Å². The molecule has 0 radical (unpaired) electrons. The molecule has 0 aliphatic heterocycles. The Morgan fingerprint density at radius 3 is 1.59 bits per heavy atom. The van der Waals surface area contributed by atoms with Crippen LogP contribution >= 0.6 is 76.2 Å². The second kappa shape index (κ2) is 9.93. The molecule has 1 aromatic carbocycles. The molecule has 0 amide bonds. The molecule has 1 heterocycles. The molecule has 0 aliphatic rings. The van der Waals surface area contributed by atoms with Gasteiger partial charge in [-0.3, -0.25) is 0 Å². The molecule has 0 N–H and O–H groups in total. The number of rotatable bonds is 6. The van der Waals surface area contributed by atoms with Crippen molar-refractivity contribution in [2.75, 3.05) is 0 Å². The van der Waals surface area contributed by atoms with Gasteiger partial charge in [-0.05, 0) is 39.8 Å². The molecule has 0 unspecified atom stereocenters. The number of aromatic nitrogens is 3. The number of nitrogens with zero attached hydrogens (tertiary/aromatic N) is 7. The van der Waals surface area contributed by atoms with Crippen molar-refractivity contribution >= 4 is 96.4 Å². The molecule has 0 aliphatic carbocycles. The van der Waals surface area contributed by atoms with Gasteiger partial charge >= 0.3 is 62.1 Å². The van der Waals surface area contributed by atoms with Crippen LogP contribution in [-0.4, -0.2) is 29.0 Å². The van der Waals surface area contributed by atoms with E-state index in [2.05, 4.69) is 20.5 Å². The Kier molecular flexibility index (Phi) is 9.63. The van der Waals surface area contributed by atoms with E-state index >= 15 is 0 Å². The van der Waals surface area contributed by atoms with Gasteiger partial charge in [0.05, 0.1) is 5.21 Å². The van der Waals surface area contributed by atoms with Gasteiger partial charge in [-0.15, -0.1) is 19.6 Å². The van der Waals surface area contributed by atoms with E-state index < -0.39 is 30.5 Å². The summed E-state index contributed by atoms with van der Waals surface area (Å²) < 4.78 is 3.63. The first-order valence-corrected chi connectivity index (χ1v) is 30.0. The third kappa shape index (κ3) is 13.5. The Hall–Kier alpha value is 0.958. The van der Waals surface area contributed by atoms with Crippen LogP contribution in [0.3, 0.4) is 0 Å². The first-order valence-electron chi connectivity index (χ1n) is 9.81. The quantitative estimate of drug-likeness (QED) is 0.0955. The zero-order valence-corrected chi connectivity index (χ0v) is 28.5. The minimum atomic E-state index is -5.42. The monoisotopic (exact) mass is 743 g/mol. The Bertz CT molecular complexity index is 995. The van der Waals surface area contributed by atoms with Crippen molar-refractivity contribution < 1.29 is 4.68 Å². The van der Waals surface area contributed by atoms with Gasteiger partial charge in [0.2, 0.25) is 22.4 Å². The van der Waals surface area contributed by atoms with E-state index in [0.717, 1.165) is 11.0 Å². The van der Waals surface area contributed by atoms with Crippen molar-refractivity contribution in [2.24, 2.45) is 20.5 Å². The Morgan fingerprint density at radius 1 is 0.735 bits per heavy atom. The zero-order chi connectivity index (χ0) is 27.1. The summed E-state index contributed by atoms with van der Waals surface area (Å²) in [7, 11) is 25.0. The third-order valence-electron chi connectivity index (χ3n) is 3.62. The summed E-state index contributed by atoms with van der Waals surface area (Å²) in [5.74, 6) is 0. The number of fused-ring (bicyclic) bond motifs is 1. The molecule has 2 rings (SSSR count). The second-order valence-corrected chi connectivity index (χ2v) is 68.1. The van der Waals surface area contributed by atoms with E-state index in [1.165, 1.54) is 0 Å². The number of hydrogen-bond donors (Lipinski definition) is 0. The van der Waals surface area contributed by atoms with Crippen LogP contribution in [0.1, 0.15) is 55.4 Å². The fourth-order valence-corrected chi connectivity index (χ4v) is 2.46. The topological polar surface area (TPSA) is 71.1 Å². The van der Waals surface area contributed by atoms with Gasteiger partial charge in [-0.1, -0.05) is 35.3 Å². The summed E-state index contributed by atoms with van der Waals surface area (Å²) in [4.78, 5) is -1.56. The van der Waals surface area contributed by atoms with Gasteiger partial charge in [0, 0.05) is 27.7 Å². The number of alkyl halides is 2. The summed E-state index contributed by atoms with van der Waals surface area (Å²) in [6, 6.07) is 7.89. The van der Waals surface area contributed by atoms with E-state index in [0.29, 0.717) is 0 Å². The molecule has 7 nitrogen and oxygen atoms in total. The van der Waals surface area contributed by atoms with E-state index in [4.69, 9.17) is 81.4 Å². The fraction of sp³-hybridized carbons (Fsp3) is 0.667. The molecule has 16 heteroatoms. The van der Waals surface area contributed by atoms with Gasteiger partial charge in [-0.2, -0.15) is 10.2 Å². The number of halogens is 8. The van der Waals surface area contributed by atoms with Gasteiger partial charge in [0.15, 0.2) is 0 Å².